The van der Waals surface area contributed by atoms with E-state index in [1.807, 2.05) is 46.8 Å². The minimum atomic E-state index is 0.0370. The monoisotopic (exact) mass is 482 g/mol. The van der Waals surface area contributed by atoms with Crippen molar-refractivity contribution in [2.75, 3.05) is 34.4 Å². The van der Waals surface area contributed by atoms with Gasteiger partial charge < -0.3 is 19.1 Å². The first-order chi connectivity index (χ1) is 16.1. The molecule has 8 heteroatoms. The second kappa shape index (κ2) is 10.8. The van der Waals surface area contributed by atoms with Crippen molar-refractivity contribution in [3.05, 3.63) is 70.2 Å². The maximum atomic E-state index is 13.0. The van der Waals surface area contributed by atoms with E-state index in [4.69, 9.17) is 14.2 Å². The number of thiazole rings is 1. The molecule has 0 radical (unpaired) electrons. The molecule has 0 saturated heterocycles. The molecule has 172 valence electrons. The number of hydrogen-bond donors (Lipinski definition) is 0. The predicted molar refractivity (Wildman–Crippen MR) is 133 cm³/mol. The van der Waals surface area contributed by atoms with E-state index >= 15 is 0 Å². The van der Waals surface area contributed by atoms with Crippen LogP contribution < -0.4 is 14.2 Å². The van der Waals surface area contributed by atoms with Gasteiger partial charge in [0.2, 0.25) is 0 Å². The normalized spacial score (nSPS) is 13.4. The zero-order chi connectivity index (χ0) is 23.2. The third-order valence-electron chi connectivity index (χ3n) is 5.50. The molecule has 1 aromatic heterocycles. The first kappa shape index (κ1) is 23.2. The number of carbonyl (C=O) groups excluding carboxylic acids is 1. The first-order valence-corrected chi connectivity index (χ1v) is 12.4. The average molecular weight is 483 g/mol. The third kappa shape index (κ3) is 5.34. The Balaban J connectivity index is 1.44. The third-order valence-corrected chi connectivity index (χ3v) is 7.18. The summed E-state index contributed by atoms with van der Waals surface area (Å²) in [7, 11) is 4.88. The summed E-state index contributed by atoms with van der Waals surface area (Å²) in [5.74, 6) is 2.93. The van der Waals surface area contributed by atoms with Crippen molar-refractivity contribution in [3.63, 3.8) is 0 Å². The number of ether oxygens (including phenoxy) is 3. The summed E-state index contributed by atoms with van der Waals surface area (Å²) in [5.41, 5.74) is 5.63. The van der Waals surface area contributed by atoms with Crippen molar-refractivity contribution in [3.8, 4) is 17.2 Å². The molecule has 2 heterocycles. The summed E-state index contributed by atoms with van der Waals surface area (Å²) in [6, 6.07) is 11.5. The Kier molecular flexibility index (Phi) is 7.57. The number of methoxy groups -OCH3 is 3. The van der Waals surface area contributed by atoms with Crippen molar-refractivity contribution in [1.82, 2.24) is 9.88 Å². The van der Waals surface area contributed by atoms with Gasteiger partial charge in [-0.25, -0.2) is 4.98 Å². The second-order valence-electron chi connectivity index (χ2n) is 7.43. The van der Waals surface area contributed by atoms with Gasteiger partial charge in [0.25, 0.3) is 5.91 Å². The van der Waals surface area contributed by atoms with Crippen LogP contribution in [0.3, 0.4) is 0 Å². The highest BCUT2D eigenvalue weighted by molar-refractivity contribution is 7.98. The van der Waals surface area contributed by atoms with Gasteiger partial charge in [0.15, 0.2) is 0 Å². The molecule has 33 heavy (non-hydrogen) atoms. The van der Waals surface area contributed by atoms with E-state index in [0.29, 0.717) is 42.3 Å². The molecule has 0 N–H and O–H groups in total. The van der Waals surface area contributed by atoms with E-state index < -0.39 is 0 Å². The van der Waals surface area contributed by atoms with Gasteiger partial charge in [-0.15, -0.1) is 23.1 Å². The van der Waals surface area contributed by atoms with Crippen LogP contribution in [-0.4, -0.2) is 50.2 Å². The van der Waals surface area contributed by atoms with Crippen molar-refractivity contribution in [1.29, 1.82) is 0 Å². The fraction of sp³-hybridized carbons (Fsp3) is 0.280. The highest BCUT2D eigenvalue weighted by Gasteiger charge is 2.23. The number of thioether (sulfide) groups is 1. The molecule has 0 saturated carbocycles. The molecule has 2 aromatic carbocycles. The highest BCUT2D eigenvalue weighted by Crippen LogP contribution is 2.41. The van der Waals surface area contributed by atoms with Gasteiger partial charge in [-0.1, -0.05) is 6.08 Å². The fourth-order valence-corrected chi connectivity index (χ4v) is 5.21. The molecule has 1 aliphatic rings. The van der Waals surface area contributed by atoms with Crippen molar-refractivity contribution < 1.29 is 19.0 Å². The maximum Gasteiger partial charge on any atom is 0.254 e. The maximum absolute atomic E-state index is 13.0. The Bertz CT molecular complexity index is 1100. The first-order valence-electron chi connectivity index (χ1n) is 10.5. The quantitative estimate of drug-likeness (QED) is 0.401. The number of hydrogen-bond acceptors (Lipinski definition) is 7. The molecule has 0 fully saturated rings. The van der Waals surface area contributed by atoms with Crippen LogP contribution in [0.15, 0.2) is 58.3 Å². The van der Waals surface area contributed by atoms with Gasteiger partial charge in [0, 0.05) is 46.8 Å². The van der Waals surface area contributed by atoms with Crippen LogP contribution in [0.1, 0.15) is 28.0 Å². The van der Waals surface area contributed by atoms with Crippen LogP contribution in [0.5, 0.6) is 17.2 Å². The van der Waals surface area contributed by atoms with E-state index in [0.717, 1.165) is 27.5 Å². The van der Waals surface area contributed by atoms with Gasteiger partial charge in [0.05, 0.1) is 38.1 Å². The molecule has 0 bridgehead atoms. The molecule has 4 rings (SSSR count). The summed E-state index contributed by atoms with van der Waals surface area (Å²) < 4.78 is 16.5. The van der Waals surface area contributed by atoms with Crippen LogP contribution in [0.25, 0.3) is 5.57 Å². The Hall–Kier alpha value is -2.97. The number of aromatic nitrogens is 1. The lowest BCUT2D eigenvalue weighted by molar-refractivity contribution is 0.0773. The minimum Gasteiger partial charge on any atom is -0.496 e. The molecular formula is C25H26N2O4S2. The Morgan fingerprint density at radius 2 is 1.82 bits per heavy atom. The minimum absolute atomic E-state index is 0.0370. The van der Waals surface area contributed by atoms with Crippen molar-refractivity contribution in [2.45, 2.75) is 17.1 Å². The lowest BCUT2D eigenvalue weighted by Gasteiger charge is -2.28. The van der Waals surface area contributed by atoms with E-state index in [-0.39, 0.29) is 5.91 Å². The van der Waals surface area contributed by atoms with Crippen LogP contribution in [0, 0.1) is 0 Å². The van der Waals surface area contributed by atoms with Gasteiger partial charge in [0.1, 0.15) is 17.2 Å². The predicted octanol–water partition coefficient (Wildman–Crippen LogP) is 5.39. The SMILES string of the molecule is COc1cc(OC)c(C2=CCN(C(=O)c3ccc(SCc4cscn4)cc3)CC2)c(OC)c1. The van der Waals surface area contributed by atoms with E-state index in [1.54, 1.807) is 44.4 Å². The summed E-state index contributed by atoms with van der Waals surface area (Å²) in [5, 5.41) is 2.06. The lowest BCUT2D eigenvalue weighted by Crippen LogP contribution is -2.34. The molecule has 0 unspecified atom stereocenters. The smallest absolute Gasteiger partial charge is 0.254 e. The van der Waals surface area contributed by atoms with Gasteiger partial charge in [-0.05, 0) is 36.3 Å². The average Bonchev–Trinajstić information content (AvgIpc) is 3.40. The number of amides is 1. The van der Waals surface area contributed by atoms with Gasteiger partial charge in [-0.3, -0.25) is 4.79 Å². The van der Waals surface area contributed by atoms with Crippen LogP contribution >= 0.6 is 23.1 Å². The van der Waals surface area contributed by atoms with Gasteiger partial charge in [-0.2, -0.15) is 0 Å². The van der Waals surface area contributed by atoms with Crippen molar-refractivity contribution in [2.24, 2.45) is 0 Å². The van der Waals surface area contributed by atoms with Crippen LogP contribution in [0.2, 0.25) is 0 Å². The molecular weight excluding hydrogens is 456 g/mol. The molecule has 1 amide bonds. The summed E-state index contributed by atoms with van der Waals surface area (Å²) in [4.78, 5) is 20.3. The molecule has 0 atom stereocenters. The molecule has 0 spiro atoms. The highest BCUT2D eigenvalue weighted by atomic mass is 32.2. The van der Waals surface area contributed by atoms with Crippen LogP contribution in [0.4, 0.5) is 0 Å². The summed E-state index contributed by atoms with van der Waals surface area (Å²) >= 11 is 3.32. The Labute approximate surface area is 202 Å². The van der Waals surface area contributed by atoms with E-state index in [2.05, 4.69) is 16.4 Å². The van der Waals surface area contributed by atoms with Gasteiger partial charge >= 0.3 is 0 Å². The zero-order valence-electron chi connectivity index (χ0n) is 18.9. The second-order valence-corrected chi connectivity index (χ2v) is 9.20. The summed E-state index contributed by atoms with van der Waals surface area (Å²) in [6.45, 7) is 1.16. The Morgan fingerprint density at radius 1 is 1.09 bits per heavy atom. The largest absolute Gasteiger partial charge is 0.496 e. The number of nitrogens with zero attached hydrogens (tertiary/aromatic N) is 2. The molecule has 0 aliphatic carbocycles. The summed E-state index contributed by atoms with van der Waals surface area (Å²) in [6.07, 6.45) is 2.79. The lowest BCUT2D eigenvalue weighted by atomic mass is 9.96. The molecule has 6 nitrogen and oxygen atoms in total. The van der Waals surface area contributed by atoms with E-state index in [9.17, 15) is 4.79 Å². The molecule has 3 aromatic rings. The van der Waals surface area contributed by atoms with Crippen molar-refractivity contribution >= 4 is 34.6 Å². The Morgan fingerprint density at radius 3 is 2.36 bits per heavy atom. The molecule has 1 aliphatic heterocycles. The van der Waals surface area contributed by atoms with E-state index in [1.165, 1.54) is 0 Å². The number of rotatable bonds is 8. The number of benzene rings is 2. The topological polar surface area (TPSA) is 60.9 Å². The standard InChI is InChI=1S/C25H26N2O4S2/c1-29-20-12-22(30-2)24(23(13-20)31-3)17-8-10-27(11-9-17)25(28)18-4-6-21(7-5-18)33-15-19-14-32-16-26-19/h4-8,12-14,16H,9-11,15H2,1-3H3. The fourth-order valence-electron chi connectivity index (χ4n) is 3.75. The number of carbonyl (C=O) groups is 1. The zero-order valence-corrected chi connectivity index (χ0v) is 20.5. The van der Waals surface area contributed by atoms with Crippen LogP contribution in [-0.2, 0) is 5.75 Å².